The molecule has 0 aromatic heterocycles. The lowest BCUT2D eigenvalue weighted by atomic mass is 10.1. The first kappa shape index (κ1) is 15.3. The quantitative estimate of drug-likeness (QED) is 0.886. The number of halogens is 1. The molecule has 4 nitrogen and oxygen atoms in total. The van der Waals surface area contributed by atoms with Gasteiger partial charge in [-0.25, -0.2) is 0 Å². The number of carbonyl (C=O) groups excluding carboxylic acids is 1. The number of ether oxygens (including phenoxy) is 2. The van der Waals surface area contributed by atoms with Crippen LogP contribution in [0, 0.1) is 0 Å². The Morgan fingerprint density at radius 3 is 3.00 bits per heavy atom. The smallest absolute Gasteiger partial charge is 0.258 e. The number of fused-ring (bicyclic) bond motifs is 1. The molecule has 0 unspecified atom stereocenters. The van der Waals surface area contributed by atoms with E-state index in [2.05, 4.69) is 21.2 Å². The van der Waals surface area contributed by atoms with Gasteiger partial charge in [0.2, 0.25) is 0 Å². The van der Waals surface area contributed by atoms with Crippen LogP contribution < -0.4 is 10.1 Å². The van der Waals surface area contributed by atoms with E-state index in [9.17, 15) is 4.79 Å². The zero-order chi connectivity index (χ0) is 15.4. The summed E-state index contributed by atoms with van der Waals surface area (Å²) >= 11 is 3.55. The molecule has 1 fully saturated rings. The number of rotatable bonds is 5. The second-order valence-corrected chi connectivity index (χ2v) is 6.12. The van der Waals surface area contributed by atoms with Crippen molar-refractivity contribution in [3.8, 4) is 5.75 Å². The number of amides is 1. The molecule has 1 amide bonds. The minimum absolute atomic E-state index is 0.00363. The van der Waals surface area contributed by atoms with Crippen molar-refractivity contribution in [3.63, 3.8) is 0 Å². The fourth-order valence-electron chi connectivity index (χ4n) is 2.55. The highest BCUT2D eigenvalue weighted by atomic mass is 79.9. The topological polar surface area (TPSA) is 47.6 Å². The molecule has 2 aromatic rings. The Morgan fingerprint density at radius 1 is 1.32 bits per heavy atom. The highest BCUT2D eigenvalue weighted by molar-refractivity contribution is 9.10. The van der Waals surface area contributed by atoms with Crippen molar-refractivity contribution >= 4 is 32.6 Å². The first-order valence-electron chi connectivity index (χ1n) is 7.42. The maximum Gasteiger partial charge on any atom is 0.258 e. The van der Waals surface area contributed by atoms with E-state index in [0.29, 0.717) is 12.3 Å². The molecule has 0 saturated carbocycles. The van der Waals surface area contributed by atoms with Gasteiger partial charge >= 0.3 is 0 Å². The number of carbonyl (C=O) groups is 1. The van der Waals surface area contributed by atoms with Gasteiger partial charge in [0.05, 0.1) is 10.6 Å². The van der Waals surface area contributed by atoms with Crippen LogP contribution in [0.4, 0.5) is 0 Å². The standard InChI is InChI=1S/C17H18BrNO3/c18-17-14-6-2-1-4-12(14)7-8-15(17)22-11-16(20)19-10-13-5-3-9-21-13/h1-2,4,6-8,13H,3,5,9-11H2,(H,19,20)/t13-/m1/s1. The van der Waals surface area contributed by atoms with Gasteiger partial charge in [-0.3, -0.25) is 4.79 Å². The van der Waals surface area contributed by atoms with E-state index in [1.807, 2.05) is 36.4 Å². The van der Waals surface area contributed by atoms with Gasteiger partial charge in [-0.2, -0.15) is 0 Å². The molecule has 0 spiro atoms. The van der Waals surface area contributed by atoms with Crippen LogP contribution in [0.25, 0.3) is 10.8 Å². The molecule has 22 heavy (non-hydrogen) atoms. The Hall–Kier alpha value is -1.59. The molecule has 5 heteroatoms. The summed E-state index contributed by atoms with van der Waals surface area (Å²) in [6.45, 7) is 1.35. The van der Waals surface area contributed by atoms with Crippen molar-refractivity contribution in [2.45, 2.75) is 18.9 Å². The molecule has 1 atom stereocenters. The number of hydrogen-bond donors (Lipinski definition) is 1. The maximum atomic E-state index is 11.8. The zero-order valence-corrected chi connectivity index (χ0v) is 13.8. The minimum Gasteiger partial charge on any atom is -0.483 e. The van der Waals surface area contributed by atoms with Crippen LogP contribution in [0.15, 0.2) is 40.9 Å². The number of benzene rings is 2. The second kappa shape index (κ2) is 7.11. The molecule has 1 N–H and O–H groups in total. The summed E-state index contributed by atoms with van der Waals surface area (Å²) in [7, 11) is 0. The van der Waals surface area contributed by atoms with Gasteiger partial charge in [0.25, 0.3) is 5.91 Å². The van der Waals surface area contributed by atoms with Crippen LogP contribution in [0.2, 0.25) is 0 Å². The van der Waals surface area contributed by atoms with Crippen LogP contribution in [0.3, 0.4) is 0 Å². The Bertz CT molecular complexity index is 668. The Kier molecular flexibility index (Phi) is 4.95. The molecule has 0 radical (unpaired) electrons. The number of hydrogen-bond acceptors (Lipinski definition) is 3. The fourth-order valence-corrected chi connectivity index (χ4v) is 3.16. The lowest BCUT2D eigenvalue weighted by molar-refractivity contribution is -0.123. The van der Waals surface area contributed by atoms with E-state index in [4.69, 9.17) is 9.47 Å². The van der Waals surface area contributed by atoms with Crippen molar-refractivity contribution in [1.29, 1.82) is 0 Å². The molecular formula is C17H18BrNO3. The molecule has 0 aliphatic carbocycles. The summed E-state index contributed by atoms with van der Waals surface area (Å²) < 4.78 is 12.0. The molecule has 1 saturated heterocycles. The fraction of sp³-hybridized carbons (Fsp3) is 0.353. The molecule has 3 rings (SSSR count). The Morgan fingerprint density at radius 2 is 2.18 bits per heavy atom. The third-order valence-corrected chi connectivity index (χ3v) is 4.56. The molecule has 1 heterocycles. The van der Waals surface area contributed by atoms with Crippen LogP contribution in [0.1, 0.15) is 12.8 Å². The van der Waals surface area contributed by atoms with E-state index in [1.165, 1.54) is 0 Å². The molecule has 1 aliphatic rings. The van der Waals surface area contributed by atoms with Gasteiger partial charge in [0.1, 0.15) is 5.75 Å². The molecule has 1 aliphatic heterocycles. The largest absolute Gasteiger partial charge is 0.483 e. The summed E-state index contributed by atoms with van der Waals surface area (Å²) in [5, 5.41) is 5.05. The van der Waals surface area contributed by atoms with E-state index >= 15 is 0 Å². The van der Waals surface area contributed by atoms with Gasteiger partial charge in [-0.15, -0.1) is 0 Å². The van der Waals surface area contributed by atoms with Crippen molar-refractivity contribution in [2.75, 3.05) is 19.8 Å². The highest BCUT2D eigenvalue weighted by Crippen LogP contribution is 2.32. The second-order valence-electron chi connectivity index (χ2n) is 5.33. The van der Waals surface area contributed by atoms with Crippen LogP contribution in [-0.2, 0) is 9.53 Å². The van der Waals surface area contributed by atoms with Crippen LogP contribution in [0.5, 0.6) is 5.75 Å². The first-order valence-corrected chi connectivity index (χ1v) is 8.21. The third kappa shape index (κ3) is 3.59. The van der Waals surface area contributed by atoms with Gasteiger partial charge in [-0.05, 0) is 45.6 Å². The van der Waals surface area contributed by atoms with Gasteiger partial charge in [-0.1, -0.05) is 30.3 Å². The van der Waals surface area contributed by atoms with Crippen molar-refractivity contribution in [1.82, 2.24) is 5.32 Å². The van der Waals surface area contributed by atoms with E-state index in [1.54, 1.807) is 0 Å². The summed E-state index contributed by atoms with van der Waals surface area (Å²) in [5.41, 5.74) is 0. The van der Waals surface area contributed by atoms with Crippen molar-refractivity contribution in [2.24, 2.45) is 0 Å². The van der Waals surface area contributed by atoms with E-state index < -0.39 is 0 Å². The highest BCUT2D eigenvalue weighted by Gasteiger charge is 2.16. The lowest BCUT2D eigenvalue weighted by Gasteiger charge is -2.12. The predicted molar refractivity (Wildman–Crippen MR) is 89.1 cm³/mol. The molecular weight excluding hydrogens is 346 g/mol. The van der Waals surface area contributed by atoms with Crippen molar-refractivity contribution in [3.05, 3.63) is 40.9 Å². The number of nitrogens with one attached hydrogen (secondary N) is 1. The molecule has 2 aromatic carbocycles. The van der Waals surface area contributed by atoms with Crippen molar-refractivity contribution < 1.29 is 14.3 Å². The summed E-state index contributed by atoms with van der Waals surface area (Å²) in [6, 6.07) is 11.9. The van der Waals surface area contributed by atoms with Gasteiger partial charge < -0.3 is 14.8 Å². The van der Waals surface area contributed by atoms with Gasteiger partial charge in [0, 0.05) is 13.2 Å². The van der Waals surface area contributed by atoms with E-state index in [-0.39, 0.29) is 18.6 Å². The minimum atomic E-state index is -0.129. The average molecular weight is 364 g/mol. The normalized spacial score (nSPS) is 17.6. The lowest BCUT2D eigenvalue weighted by Crippen LogP contribution is -2.35. The summed E-state index contributed by atoms with van der Waals surface area (Å²) in [4.78, 5) is 11.8. The third-order valence-electron chi connectivity index (χ3n) is 3.74. The molecule has 116 valence electrons. The van der Waals surface area contributed by atoms with Crippen LogP contribution in [-0.4, -0.2) is 31.8 Å². The first-order chi connectivity index (χ1) is 10.7. The SMILES string of the molecule is O=C(COc1ccc2ccccc2c1Br)NC[C@H]1CCCO1. The monoisotopic (exact) mass is 363 g/mol. The zero-order valence-electron chi connectivity index (χ0n) is 12.2. The van der Waals surface area contributed by atoms with Gasteiger partial charge in [0.15, 0.2) is 6.61 Å². The van der Waals surface area contributed by atoms with E-state index in [0.717, 1.165) is 34.7 Å². The Labute approximate surface area is 137 Å². The summed E-state index contributed by atoms with van der Waals surface area (Å²) in [6.07, 6.45) is 2.23. The average Bonchev–Trinajstić information content (AvgIpc) is 3.06. The van der Waals surface area contributed by atoms with Crippen LogP contribution >= 0.6 is 15.9 Å². The maximum absolute atomic E-state index is 11.8. The molecule has 0 bridgehead atoms. The summed E-state index contributed by atoms with van der Waals surface area (Å²) in [5.74, 6) is 0.543. The Balaban J connectivity index is 1.56. The predicted octanol–water partition coefficient (Wildman–Crippen LogP) is 3.28.